The summed E-state index contributed by atoms with van der Waals surface area (Å²) in [4.78, 5) is 11.9. The Morgan fingerprint density at radius 1 is 1.50 bits per heavy atom. The first-order valence-corrected chi connectivity index (χ1v) is 6.99. The first kappa shape index (κ1) is 13.4. The third-order valence-corrected chi connectivity index (χ3v) is 4.15. The van der Waals surface area contributed by atoms with Gasteiger partial charge in [0.2, 0.25) is 0 Å². The van der Waals surface area contributed by atoms with Gasteiger partial charge in [-0.05, 0) is 31.1 Å². The van der Waals surface area contributed by atoms with E-state index in [1.807, 2.05) is 6.92 Å². The van der Waals surface area contributed by atoms with Crippen molar-refractivity contribution < 1.29 is 0 Å². The fourth-order valence-electron chi connectivity index (χ4n) is 2.07. The lowest BCUT2D eigenvalue weighted by Gasteiger charge is -2.15. The van der Waals surface area contributed by atoms with Crippen LogP contribution in [0.1, 0.15) is 39.5 Å². The van der Waals surface area contributed by atoms with E-state index in [2.05, 4.69) is 17.3 Å². The van der Waals surface area contributed by atoms with Crippen LogP contribution in [0.3, 0.4) is 0 Å². The van der Waals surface area contributed by atoms with Gasteiger partial charge in [0.05, 0.1) is 11.9 Å². The summed E-state index contributed by atoms with van der Waals surface area (Å²) in [5, 5.41) is 7.66. The number of aryl methyl sites for hydroxylation is 1. The molecule has 1 aromatic heterocycles. The molecule has 0 radical (unpaired) electrons. The normalized spacial score (nSPS) is 16.6. The van der Waals surface area contributed by atoms with Gasteiger partial charge in [-0.15, -0.1) is 0 Å². The first-order chi connectivity index (χ1) is 8.62. The third-order valence-electron chi connectivity index (χ3n) is 3.78. The average Bonchev–Trinajstić information content (AvgIpc) is 3.15. The van der Waals surface area contributed by atoms with Crippen LogP contribution in [0.5, 0.6) is 0 Å². The minimum Gasteiger partial charge on any atom is -0.382 e. The van der Waals surface area contributed by atoms with Crippen LogP contribution < -0.4 is 10.9 Å². The molecule has 1 heterocycles. The zero-order chi connectivity index (χ0) is 13.2. The van der Waals surface area contributed by atoms with E-state index in [9.17, 15) is 4.79 Å². The Balaban J connectivity index is 2.10. The summed E-state index contributed by atoms with van der Waals surface area (Å²) in [5.74, 6) is 0. The maximum atomic E-state index is 11.9. The van der Waals surface area contributed by atoms with E-state index in [1.165, 1.54) is 17.5 Å². The number of anilines is 1. The summed E-state index contributed by atoms with van der Waals surface area (Å²) in [6, 6.07) is 0. The molecule has 5 heteroatoms. The predicted octanol–water partition coefficient (Wildman–Crippen LogP) is 2.91. The quantitative estimate of drug-likeness (QED) is 0.864. The molecule has 1 saturated carbocycles. The smallest absolute Gasteiger partial charge is 0.287 e. The molecule has 1 aliphatic rings. The topological polar surface area (TPSA) is 46.9 Å². The number of halogens is 1. The van der Waals surface area contributed by atoms with Gasteiger partial charge in [0, 0.05) is 13.1 Å². The van der Waals surface area contributed by atoms with Gasteiger partial charge in [-0.2, -0.15) is 5.10 Å². The lowest BCUT2D eigenvalue weighted by atomic mass is 10.0. The fourth-order valence-corrected chi connectivity index (χ4v) is 2.29. The Morgan fingerprint density at radius 2 is 2.22 bits per heavy atom. The SMILES string of the molecule is CCCn1ncc(NCC2(CC)CC2)c(Cl)c1=O. The molecular weight excluding hydrogens is 250 g/mol. The Morgan fingerprint density at radius 3 is 2.78 bits per heavy atom. The van der Waals surface area contributed by atoms with Crippen LogP contribution in [0.25, 0.3) is 0 Å². The van der Waals surface area contributed by atoms with Crippen molar-refractivity contribution in [2.75, 3.05) is 11.9 Å². The summed E-state index contributed by atoms with van der Waals surface area (Å²) in [6.45, 7) is 5.69. The van der Waals surface area contributed by atoms with Crippen molar-refractivity contribution in [2.24, 2.45) is 5.41 Å². The highest BCUT2D eigenvalue weighted by Crippen LogP contribution is 2.48. The van der Waals surface area contributed by atoms with E-state index in [0.717, 1.165) is 19.4 Å². The highest BCUT2D eigenvalue weighted by atomic mass is 35.5. The van der Waals surface area contributed by atoms with Gasteiger partial charge in [-0.3, -0.25) is 4.79 Å². The molecule has 0 aromatic carbocycles. The zero-order valence-corrected chi connectivity index (χ0v) is 11.8. The summed E-state index contributed by atoms with van der Waals surface area (Å²) in [6.07, 6.45) is 6.21. The van der Waals surface area contributed by atoms with Gasteiger partial charge in [-0.1, -0.05) is 25.4 Å². The molecule has 0 saturated heterocycles. The second kappa shape index (κ2) is 5.31. The van der Waals surface area contributed by atoms with Crippen molar-refractivity contribution in [3.63, 3.8) is 0 Å². The largest absolute Gasteiger partial charge is 0.382 e. The highest BCUT2D eigenvalue weighted by Gasteiger charge is 2.40. The Kier molecular flexibility index (Phi) is 3.95. The number of aromatic nitrogens is 2. The van der Waals surface area contributed by atoms with Crippen molar-refractivity contribution in [3.8, 4) is 0 Å². The Hall–Kier alpha value is -1.03. The van der Waals surface area contributed by atoms with Gasteiger partial charge in [0.15, 0.2) is 0 Å². The monoisotopic (exact) mass is 269 g/mol. The van der Waals surface area contributed by atoms with E-state index in [4.69, 9.17) is 11.6 Å². The second-order valence-corrected chi connectivity index (χ2v) is 5.49. The maximum absolute atomic E-state index is 11.9. The Labute approximate surface area is 112 Å². The first-order valence-electron chi connectivity index (χ1n) is 6.61. The van der Waals surface area contributed by atoms with Gasteiger partial charge < -0.3 is 5.32 Å². The lowest BCUT2D eigenvalue weighted by Crippen LogP contribution is -2.25. The molecule has 1 aromatic rings. The molecule has 0 aliphatic heterocycles. The number of hydrogen-bond donors (Lipinski definition) is 1. The minimum atomic E-state index is -0.204. The molecule has 1 aliphatic carbocycles. The maximum Gasteiger partial charge on any atom is 0.287 e. The zero-order valence-electron chi connectivity index (χ0n) is 11.0. The molecule has 18 heavy (non-hydrogen) atoms. The number of nitrogens with one attached hydrogen (secondary N) is 1. The van der Waals surface area contributed by atoms with E-state index in [0.29, 0.717) is 17.6 Å². The minimum absolute atomic E-state index is 0.204. The van der Waals surface area contributed by atoms with Crippen LogP contribution in [0.15, 0.2) is 11.0 Å². The van der Waals surface area contributed by atoms with Crippen LogP contribution in [0, 0.1) is 5.41 Å². The van der Waals surface area contributed by atoms with Crippen LogP contribution in [0.4, 0.5) is 5.69 Å². The number of rotatable bonds is 6. The van der Waals surface area contributed by atoms with Crippen molar-refractivity contribution in [1.29, 1.82) is 0 Å². The fraction of sp³-hybridized carbons (Fsp3) is 0.692. The predicted molar refractivity (Wildman–Crippen MR) is 74.2 cm³/mol. The van der Waals surface area contributed by atoms with E-state index < -0.39 is 0 Å². The third kappa shape index (κ3) is 2.69. The van der Waals surface area contributed by atoms with Gasteiger partial charge in [-0.25, -0.2) is 4.68 Å². The molecule has 4 nitrogen and oxygen atoms in total. The van der Waals surface area contributed by atoms with Gasteiger partial charge in [0.25, 0.3) is 5.56 Å². The van der Waals surface area contributed by atoms with E-state index in [1.54, 1.807) is 6.20 Å². The molecule has 0 bridgehead atoms. The molecule has 0 unspecified atom stereocenters. The van der Waals surface area contributed by atoms with Crippen molar-refractivity contribution in [2.45, 2.75) is 46.1 Å². The van der Waals surface area contributed by atoms with Crippen molar-refractivity contribution >= 4 is 17.3 Å². The van der Waals surface area contributed by atoms with E-state index >= 15 is 0 Å². The molecule has 0 amide bonds. The number of nitrogens with zero attached hydrogens (tertiary/aromatic N) is 2. The van der Waals surface area contributed by atoms with Crippen LogP contribution in [-0.2, 0) is 6.54 Å². The second-order valence-electron chi connectivity index (χ2n) is 5.11. The molecule has 1 N–H and O–H groups in total. The summed E-state index contributed by atoms with van der Waals surface area (Å²) >= 11 is 6.09. The van der Waals surface area contributed by atoms with E-state index in [-0.39, 0.29) is 10.6 Å². The highest BCUT2D eigenvalue weighted by molar-refractivity contribution is 6.32. The van der Waals surface area contributed by atoms with Crippen LogP contribution in [0.2, 0.25) is 5.02 Å². The molecule has 1 fully saturated rings. The summed E-state index contributed by atoms with van der Waals surface area (Å²) in [5.41, 5.74) is 0.875. The van der Waals surface area contributed by atoms with Crippen molar-refractivity contribution in [3.05, 3.63) is 21.6 Å². The molecule has 2 rings (SSSR count). The summed E-state index contributed by atoms with van der Waals surface area (Å²) in [7, 11) is 0. The molecule has 100 valence electrons. The summed E-state index contributed by atoms with van der Waals surface area (Å²) < 4.78 is 1.42. The van der Waals surface area contributed by atoms with Crippen LogP contribution >= 0.6 is 11.6 Å². The van der Waals surface area contributed by atoms with Crippen molar-refractivity contribution in [1.82, 2.24) is 9.78 Å². The standard InChI is InChI=1S/C13H20ClN3O/c1-3-7-17-12(18)11(14)10(8-16-17)15-9-13(4-2)5-6-13/h8,15H,3-7,9H2,1-2H3. The average molecular weight is 270 g/mol. The van der Waals surface area contributed by atoms with Gasteiger partial charge >= 0.3 is 0 Å². The molecular formula is C13H20ClN3O. The van der Waals surface area contributed by atoms with Gasteiger partial charge in [0.1, 0.15) is 5.02 Å². The van der Waals surface area contributed by atoms with Crippen LogP contribution in [-0.4, -0.2) is 16.3 Å². The molecule has 0 atom stereocenters. The number of hydrogen-bond acceptors (Lipinski definition) is 3. The lowest BCUT2D eigenvalue weighted by molar-refractivity contribution is 0.520. The molecule has 0 spiro atoms. The Bertz CT molecular complexity index is 480.